The monoisotopic (exact) mass is 168 g/mol. The lowest BCUT2D eigenvalue weighted by molar-refractivity contribution is 0.815. The molecule has 58 valence electrons. The highest BCUT2D eigenvalue weighted by atomic mass is 32.2. The van der Waals surface area contributed by atoms with Gasteiger partial charge < -0.3 is 4.98 Å². The van der Waals surface area contributed by atoms with Crippen molar-refractivity contribution in [2.45, 2.75) is 17.7 Å². The van der Waals surface area contributed by atoms with Gasteiger partial charge in [0.15, 0.2) is 0 Å². The normalized spacial score (nSPS) is 16.0. The molecule has 1 aliphatic heterocycles. The Bertz CT molecular complexity index is 320. The Labute approximate surface area is 68.2 Å². The molecule has 0 fully saturated rings. The molecule has 1 aromatic rings. The molecule has 0 radical (unpaired) electrons. The van der Waals surface area contributed by atoms with Crippen LogP contribution in [0.5, 0.6) is 0 Å². The Morgan fingerprint density at radius 2 is 2.55 bits per heavy atom. The topological polar surface area (TPSA) is 45.8 Å². The van der Waals surface area contributed by atoms with Crippen LogP contribution < -0.4 is 5.56 Å². The molecule has 0 saturated carbocycles. The third kappa shape index (κ3) is 1.18. The van der Waals surface area contributed by atoms with Crippen molar-refractivity contribution in [3.8, 4) is 0 Å². The first kappa shape index (κ1) is 6.91. The zero-order valence-electron chi connectivity index (χ0n) is 5.96. The second kappa shape index (κ2) is 2.70. The number of H-pyrrole nitrogens is 1. The van der Waals surface area contributed by atoms with Gasteiger partial charge in [0.1, 0.15) is 0 Å². The van der Waals surface area contributed by atoms with Gasteiger partial charge in [0.05, 0.1) is 16.9 Å². The summed E-state index contributed by atoms with van der Waals surface area (Å²) in [5, 5.41) is 0. The van der Waals surface area contributed by atoms with Crippen molar-refractivity contribution < 1.29 is 0 Å². The van der Waals surface area contributed by atoms with E-state index in [1.165, 1.54) is 6.33 Å². The van der Waals surface area contributed by atoms with E-state index in [1.807, 2.05) is 0 Å². The van der Waals surface area contributed by atoms with Crippen LogP contribution in [-0.4, -0.2) is 15.7 Å². The summed E-state index contributed by atoms with van der Waals surface area (Å²) in [5.74, 6) is 1.04. The van der Waals surface area contributed by atoms with Gasteiger partial charge in [0, 0.05) is 0 Å². The summed E-state index contributed by atoms with van der Waals surface area (Å²) in [6, 6.07) is 0. The van der Waals surface area contributed by atoms with Crippen molar-refractivity contribution in [3.63, 3.8) is 0 Å². The molecule has 2 heterocycles. The Balaban J connectivity index is 2.58. The summed E-state index contributed by atoms with van der Waals surface area (Å²) in [5.41, 5.74) is 0.977. The van der Waals surface area contributed by atoms with Crippen molar-refractivity contribution in [1.29, 1.82) is 0 Å². The number of nitrogens with one attached hydrogen (secondary N) is 1. The van der Waals surface area contributed by atoms with E-state index in [0.29, 0.717) is 0 Å². The molecule has 11 heavy (non-hydrogen) atoms. The van der Waals surface area contributed by atoms with E-state index in [0.717, 1.165) is 29.2 Å². The number of nitrogens with zero attached hydrogens (tertiary/aromatic N) is 1. The number of hydrogen-bond donors (Lipinski definition) is 1. The predicted octanol–water partition coefficient (Wildman–Crippen LogP) is 0.808. The second-order valence-corrected chi connectivity index (χ2v) is 3.56. The highest BCUT2D eigenvalue weighted by Gasteiger charge is 2.13. The predicted molar refractivity (Wildman–Crippen MR) is 43.9 cm³/mol. The summed E-state index contributed by atoms with van der Waals surface area (Å²) in [6.07, 6.45) is 3.56. The summed E-state index contributed by atoms with van der Waals surface area (Å²) < 4.78 is 0. The van der Waals surface area contributed by atoms with Gasteiger partial charge >= 0.3 is 0 Å². The summed E-state index contributed by atoms with van der Waals surface area (Å²) in [4.78, 5) is 18.6. The van der Waals surface area contributed by atoms with Crippen molar-refractivity contribution in [1.82, 2.24) is 9.97 Å². The molecule has 0 atom stereocenters. The fourth-order valence-electron chi connectivity index (χ4n) is 1.16. The van der Waals surface area contributed by atoms with Crippen LogP contribution >= 0.6 is 11.8 Å². The Kier molecular flexibility index (Phi) is 1.69. The van der Waals surface area contributed by atoms with E-state index in [1.54, 1.807) is 11.8 Å². The number of aromatic nitrogens is 2. The molecular formula is C7H8N2OS. The lowest BCUT2D eigenvalue weighted by Gasteiger charge is -2.10. The van der Waals surface area contributed by atoms with Gasteiger partial charge in [-0.1, -0.05) is 0 Å². The molecule has 0 amide bonds. The van der Waals surface area contributed by atoms with Gasteiger partial charge in [-0.05, 0) is 18.6 Å². The first-order valence-electron chi connectivity index (χ1n) is 3.57. The van der Waals surface area contributed by atoms with Crippen LogP contribution in [0.2, 0.25) is 0 Å². The van der Waals surface area contributed by atoms with Crippen LogP contribution in [0.4, 0.5) is 0 Å². The van der Waals surface area contributed by atoms with Crippen molar-refractivity contribution >= 4 is 11.8 Å². The minimum Gasteiger partial charge on any atom is -0.312 e. The van der Waals surface area contributed by atoms with Crippen molar-refractivity contribution in [2.24, 2.45) is 0 Å². The summed E-state index contributed by atoms with van der Waals surface area (Å²) >= 11 is 1.61. The Hall–Kier alpha value is -0.770. The standard InChI is InChI=1S/C7H8N2OS/c10-7-6-5(8-4-9-7)2-1-3-11-6/h4H,1-3H2,(H,8,9,10). The second-order valence-electron chi connectivity index (χ2n) is 2.46. The fraction of sp³-hybridized carbons (Fsp3) is 0.429. The molecular weight excluding hydrogens is 160 g/mol. The molecule has 0 saturated heterocycles. The summed E-state index contributed by atoms with van der Waals surface area (Å²) in [6.45, 7) is 0. The van der Waals surface area contributed by atoms with Gasteiger partial charge in [0.25, 0.3) is 5.56 Å². The van der Waals surface area contributed by atoms with Crippen LogP contribution in [0.1, 0.15) is 12.1 Å². The minimum atomic E-state index is 0.0136. The quantitative estimate of drug-likeness (QED) is 0.623. The van der Waals surface area contributed by atoms with Gasteiger partial charge in [-0.25, -0.2) is 4.98 Å². The molecule has 4 heteroatoms. The number of aryl methyl sites for hydroxylation is 1. The van der Waals surface area contributed by atoms with E-state index in [9.17, 15) is 4.79 Å². The van der Waals surface area contributed by atoms with Crippen LogP contribution in [0.15, 0.2) is 16.0 Å². The molecule has 1 aromatic heterocycles. The molecule has 0 bridgehead atoms. The van der Waals surface area contributed by atoms with Gasteiger partial charge in [0.2, 0.25) is 0 Å². The van der Waals surface area contributed by atoms with E-state index >= 15 is 0 Å². The van der Waals surface area contributed by atoms with Crippen molar-refractivity contribution in [2.75, 3.05) is 5.75 Å². The maximum absolute atomic E-state index is 11.1. The zero-order valence-corrected chi connectivity index (χ0v) is 6.78. The minimum absolute atomic E-state index is 0.0136. The highest BCUT2D eigenvalue weighted by molar-refractivity contribution is 7.99. The third-order valence-electron chi connectivity index (χ3n) is 1.69. The number of rotatable bonds is 0. The Morgan fingerprint density at radius 3 is 3.36 bits per heavy atom. The number of hydrogen-bond acceptors (Lipinski definition) is 3. The van der Waals surface area contributed by atoms with Gasteiger partial charge in [-0.3, -0.25) is 4.79 Å². The lowest BCUT2D eigenvalue weighted by Crippen LogP contribution is -2.15. The molecule has 0 unspecified atom stereocenters. The molecule has 3 nitrogen and oxygen atoms in total. The average Bonchev–Trinajstić information content (AvgIpc) is 2.06. The first-order chi connectivity index (χ1) is 5.38. The van der Waals surface area contributed by atoms with Crippen LogP contribution in [0, 0.1) is 0 Å². The zero-order chi connectivity index (χ0) is 7.68. The van der Waals surface area contributed by atoms with Gasteiger partial charge in [-0.2, -0.15) is 0 Å². The number of fused-ring (bicyclic) bond motifs is 1. The van der Waals surface area contributed by atoms with E-state index in [2.05, 4.69) is 9.97 Å². The maximum atomic E-state index is 11.1. The van der Waals surface area contributed by atoms with Crippen LogP contribution in [-0.2, 0) is 6.42 Å². The molecule has 1 N–H and O–H groups in total. The van der Waals surface area contributed by atoms with Crippen molar-refractivity contribution in [3.05, 3.63) is 22.4 Å². The molecule has 1 aliphatic rings. The SMILES string of the molecule is O=c1[nH]cnc2c1SCCC2. The maximum Gasteiger partial charge on any atom is 0.264 e. The van der Waals surface area contributed by atoms with E-state index in [4.69, 9.17) is 0 Å². The molecule has 0 aliphatic carbocycles. The van der Waals surface area contributed by atoms with Crippen LogP contribution in [0.3, 0.4) is 0 Å². The number of aromatic amines is 1. The number of thioether (sulfide) groups is 1. The Morgan fingerprint density at radius 1 is 1.64 bits per heavy atom. The molecule has 0 spiro atoms. The fourth-order valence-corrected chi connectivity index (χ4v) is 2.17. The lowest BCUT2D eigenvalue weighted by atomic mass is 10.2. The molecule has 2 rings (SSSR count). The average molecular weight is 168 g/mol. The summed E-state index contributed by atoms with van der Waals surface area (Å²) in [7, 11) is 0. The highest BCUT2D eigenvalue weighted by Crippen LogP contribution is 2.23. The smallest absolute Gasteiger partial charge is 0.264 e. The van der Waals surface area contributed by atoms with Crippen LogP contribution in [0.25, 0.3) is 0 Å². The van der Waals surface area contributed by atoms with E-state index in [-0.39, 0.29) is 5.56 Å². The molecule has 0 aromatic carbocycles. The first-order valence-corrected chi connectivity index (χ1v) is 4.56. The van der Waals surface area contributed by atoms with E-state index < -0.39 is 0 Å². The van der Waals surface area contributed by atoms with Gasteiger partial charge in [-0.15, -0.1) is 11.8 Å². The largest absolute Gasteiger partial charge is 0.312 e. The third-order valence-corrected chi connectivity index (χ3v) is 2.89.